The molecule has 0 amide bonds. The first-order valence-electron chi connectivity index (χ1n) is 11.8. The van der Waals surface area contributed by atoms with Crippen molar-refractivity contribution < 1.29 is 13.2 Å². The van der Waals surface area contributed by atoms with Gasteiger partial charge in [-0.2, -0.15) is 10.2 Å². The summed E-state index contributed by atoms with van der Waals surface area (Å²) >= 11 is 0. The Labute approximate surface area is 200 Å². The number of rotatable bonds is 4. The third kappa shape index (κ3) is 4.12. The van der Waals surface area contributed by atoms with Crippen molar-refractivity contribution >= 4 is 16.9 Å². The summed E-state index contributed by atoms with van der Waals surface area (Å²) in [6, 6.07) is 6.45. The largest absolute Gasteiger partial charge is 0.346 e. The summed E-state index contributed by atoms with van der Waals surface area (Å²) in [5.74, 6) is -0.641. The summed E-state index contributed by atoms with van der Waals surface area (Å²) in [5, 5.41) is 16.3. The van der Waals surface area contributed by atoms with E-state index in [-0.39, 0.29) is 18.5 Å². The molecule has 0 saturated carbocycles. The van der Waals surface area contributed by atoms with Crippen LogP contribution in [0.4, 0.5) is 19.0 Å². The van der Waals surface area contributed by atoms with Crippen molar-refractivity contribution in [3.8, 4) is 11.1 Å². The average molecular weight is 480 g/mol. The Bertz CT molecular complexity index is 1370. The van der Waals surface area contributed by atoms with Crippen LogP contribution in [0.3, 0.4) is 0 Å². The van der Waals surface area contributed by atoms with Gasteiger partial charge in [0.25, 0.3) is 0 Å². The lowest BCUT2D eigenvalue weighted by atomic mass is 10.0. The number of fused-ring (bicyclic) bond motifs is 1. The predicted molar refractivity (Wildman–Crippen MR) is 126 cm³/mol. The highest BCUT2D eigenvalue weighted by atomic mass is 19.1. The third-order valence-corrected chi connectivity index (χ3v) is 6.92. The SMILES string of the molecule is Fc1ccc(F)c([C@H]2C[C@H](F)CN2c2ccc3nncc(-c4cnn(C5CCNCC5)c4)c3n2)c1. The molecule has 0 spiro atoms. The second-order valence-electron chi connectivity index (χ2n) is 9.15. The van der Waals surface area contributed by atoms with Gasteiger partial charge in [0, 0.05) is 29.3 Å². The smallest absolute Gasteiger partial charge is 0.130 e. The third-order valence-electron chi connectivity index (χ3n) is 6.92. The zero-order valence-electron chi connectivity index (χ0n) is 18.9. The lowest BCUT2D eigenvalue weighted by Crippen LogP contribution is -2.29. The van der Waals surface area contributed by atoms with Gasteiger partial charge in [-0.25, -0.2) is 18.2 Å². The minimum Gasteiger partial charge on any atom is -0.346 e. The molecule has 4 aromatic rings. The fourth-order valence-corrected chi connectivity index (χ4v) is 5.15. The van der Waals surface area contributed by atoms with Gasteiger partial charge >= 0.3 is 0 Å². The van der Waals surface area contributed by atoms with Crippen LogP contribution in [0.15, 0.2) is 48.9 Å². The minimum absolute atomic E-state index is 0.0423. The summed E-state index contributed by atoms with van der Waals surface area (Å²) < 4.78 is 45.0. The van der Waals surface area contributed by atoms with Crippen LogP contribution in [-0.2, 0) is 0 Å². The number of benzene rings is 1. The highest BCUT2D eigenvalue weighted by Crippen LogP contribution is 2.39. The van der Waals surface area contributed by atoms with Crippen molar-refractivity contribution in [2.75, 3.05) is 24.5 Å². The van der Waals surface area contributed by atoms with E-state index in [1.165, 1.54) is 0 Å². The summed E-state index contributed by atoms with van der Waals surface area (Å²) in [4.78, 5) is 6.51. The van der Waals surface area contributed by atoms with E-state index in [1.807, 2.05) is 10.9 Å². The molecule has 1 N–H and O–H groups in total. The van der Waals surface area contributed by atoms with Crippen molar-refractivity contribution in [1.29, 1.82) is 0 Å². The second kappa shape index (κ2) is 8.92. The number of aromatic nitrogens is 5. The normalized spacial score (nSPS) is 21.2. The molecule has 7 nitrogen and oxygen atoms in total. The topological polar surface area (TPSA) is 71.8 Å². The molecule has 2 aliphatic rings. The van der Waals surface area contributed by atoms with Crippen molar-refractivity contribution in [3.63, 3.8) is 0 Å². The van der Waals surface area contributed by atoms with Crippen LogP contribution in [0, 0.1) is 11.6 Å². The maximum absolute atomic E-state index is 14.6. The molecule has 3 aromatic heterocycles. The molecule has 2 fully saturated rings. The van der Waals surface area contributed by atoms with Crippen molar-refractivity contribution in [1.82, 2.24) is 30.3 Å². The Hall–Kier alpha value is -3.53. The molecule has 2 saturated heterocycles. The molecule has 0 bridgehead atoms. The van der Waals surface area contributed by atoms with E-state index in [0.29, 0.717) is 22.9 Å². The lowest BCUT2D eigenvalue weighted by molar-refractivity contribution is 0.343. The fourth-order valence-electron chi connectivity index (χ4n) is 5.15. The lowest BCUT2D eigenvalue weighted by Gasteiger charge is -2.26. The molecule has 0 radical (unpaired) electrons. The zero-order valence-corrected chi connectivity index (χ0v) is 18.9. The summed E-state index contributed by atoms with van der Waals surface area (Å²) in [7, 11) is 0. The monoisotopic (exact) mass is 479 g/mol. The van der Waals surface area contributed by atoms with Crippen LogP contribution in [-0.4, -0.2) is 50.8 Å². The molecule has 5 heterocycles. The van der Waals surface area contributed by atoms with Crippen molar-refractivity contribution in [2.24, 2.45) is 0 Å². The van der Waals surface area contributed by atoms with E-state index in [2.05, 4.69) is 20.6 Å². The van der Waals surface area contributed by atoms with Crippen LogP contribution in [0.25, 0.3) is 22.2 Å². The van der Waals surface area contributed by atoms with Gasteiger partial charge in [0.1, 0.15) is 34.7 Å². The van der Waals surface area contributed by atoms with Gasteiger partial charge in [0.15, 0.2) is 0 Å². The first-order chi connectivity index (χ1) is 17.1. The van der Waals surface area contributed by atoms with Gasteiger partial charge in [-0.1, -0.05) is 0 Å². The number of alkyl halides is 1. The quantitative estimate of drug-likeness (QED) is 0.469. The van der Waals surface area contributed by atoms with Gasteiger partial charge in [0.2, 0.25) is 0 Å². The number of nitrogens with zero attached hydrogens (tertiary/aromatic N) is 6. The van der Waals surface area contributed by atoms with E-state index in [0.717, 1.165) is 55.3 Å². The number of hydrogen-bond donors (Lipinski definition) is 1. The molecule has 2 aliphatic heterocycles. The highest BCUT2D eigenvalue weighted by Gasteiger charge is 2.36. The second-order valence-corrected chi connectivity index (χ2v) is 9.15. The van der Waals surface area contributed by atoms with Crippen molar-refractivity contribution in [2.45, 2.75) is 37.5 Å². The fraction of sp³-hybridized carbons (Fsp3) is 0.360. The number of nitrogens with one attached hydrogen (secondary N) is 1. The van der Waals surface area contributed by atoms with E-state index in [4.69, 9.17) is 4.98 Å². The number of anilines is 1. The molecule has 6 rings (SSSR count). The maximum atomic E-state index is 14.6. The van der Waals surface area contributed by atoms with Crippen LogP contribution >= 0.6 is 0 Å². The van der Waals surface area contributed by atoms with Gasteiger partial charge in [-0.15, -0.1) is 5.10 Å². The standard InChI is InChI=1S/C25H24F3N7/c26-16-1-2-21(28)19(9-16)23-10-17(27)14-34(23)24-4-3-22-25(32-24)20(12-30-33-22)15-11-31-35(13-15)18-5-7-29-8-6-18/h1-4,9,11-13,17-18,23,29H,5-8,10,14H2/t17-,23+/m0/s1. The Morgan fingerprint density at radius 3 is 2.74 bits per heavy atom. The average Bonchev–Trinajstić information content (AvgIpc) is 3.52. The summed E-state index contributed by atoms with van der Waals surface area (Å²) in [5.41, 5.74) is 2.95. The molecular weight excluding hydrogens is 455 g/mol. The van der Waals surface area contributed by atoms with Crippen LogP contribution in [0.2, 0.25) is 0 Å². The van der Waals surface area contributed by atoms with Crippen LogP contribution < -0.4 is 10.2 Å². The van der Waals surface area contributed by atoms with Crippen molar-refractivity contribution in [3.05, 3.63) is 66.1 Å². The minimum atomic E-state index is -1.18. The predicted octanol–water partition coefficient (Wildman–Crippen LogP) is 4.38. The number of pyridine rings is 1. The van der Waals surface area contributed by atoms with E-state index in [1.54, 1.807) is 29.4 Å². The summed E-state index contributed by atoms with van der Waals surface area (Å²) in [6.07, 6.45) is 6.34. The van der Waals surface area contributed by atoms with E-state index >= 15 is 0 Å². The Morgan fingerprint density at radius 1 is 1.03 bits per heavy atom. The Kier molecular flexibility index (Phi) is 5.60. The molecule has 0 aliphatic carbocycles. The van der Waals surface area contributed by atoms with Gasteiger partial charge in [-0.3, -0.25) is 4.68 Å². The molecule has 180 valence electrons. The number of piperidine rings is 1. The molecule has 35 heavy (non-hydrogen) atoms. The summed E-state index contributed by atoms with van der Waals surface area (Å²) in [6.45, 7) is 1.96. The number of halogens is 3. The highest BCUT2D eigenvalue weighted by molar-refractivity contribution is 5.91. The zero-order chi connectivity index (χ0) is 23.9. The molecule has 2 atom stereocenters. The number of hydrogen-bond acceptors (Lipinski definition) is 6. The van der Waals surface area contributed by atoms with Gasteiger partial charge < -0.3 is 10.2 Å². The maximum Gasteiger partial charge on any atom is 0.130 e. The van der Waals surface area contributed by atoms with E-state index in [9.17, 15) is 13.2 Å². The molecule has 1 aromatic carbocycles. The molecule has 0 unspecified atom stereocenters. The molecule has 10 heteroatoms. The van der Waals surface area contributed by atoms with Gasteiger partial charge in [-0.05, 0) is 56.3 Å². The first kappa shape index (κ1) is 22.0. The first-order valence-corrected chi connectivity index (χ1v) is 11.8. The van der Waals surface area contributed by atoms with Gasteiger partial charge in [0.05, 0.1) is 31.0 Å². The van der Waals surface area contributed by atoms with Crippen LogP contribution in [0.5, 0.6) is 0 Å². The molecular formula is C25H24F3N7. The van der Waals surface area contributed by atoms with Crippen LogP contribution in [0.1, 0.15) is 36.9 Å². The Balaban J connectivity index is 1.39. The Morgan fingerprint density at radius 2 is 1.89 bits per heavy atom. The van der Waals surface area contributed by atoms with E-state index < -0.39 is 23.8 Å².